The fourth-order valence-electron chi connectivity index (χ4n) is 5.73. The predicted molar refractivity (Wildman–Crippen MR) is 203 cm³/mol. The Balaban J connectivity index is 1.37. The van der Waals surface area contributed by atoms with Crippen LogP contribution in [-0.2, 0) is 21.2 Å². The molecule has 13 nitrogen and oxygen atoms in total. The number of thiazole rings is 2. The Morgan fingerprint density at radius 2 is 1.42 bits per heavy atom. The van der Waals surface area contributed by atoms with Crippen LogP contribution in [0.3, 0.4) is 0 Å². The number of anilines is 1. The van der Waals surface area contributed by atoms with Crippen molar-refractivity contribution >= 4 is 62.0 Å². The van der Waals surface area contributed by atoms with E-state index in [1.807, 2.05) is 60.7 Å². The molecule has 1 aliphatic heterocycles. The molecule has 274 valence electrons. The van der Waals surface area contributed by atoms with E-state index in [0.29, 0.717) is 27.7 Å². The number of aromatic nitrogens is 2. The van der Waals surface area contributed by atoms with Crippen LogP contribution in [0.15, 0.2) is 95.7 Å². The second-order valence-electron chi connectivity index (χ2n) is 12.5. The molecule has 0 saturated carbocycles. The van der Waals surface area contributed by atoms with Crippen LogP contribution in [0.1, 0.15) is 77.5 Å². The molecule has 0 radical (unpaired) electrons. The lowest BCUT2D eigenvalue weighted by Crippen LogP contribution is -2.46. The van der Waals surface area contributed by atoms with E-state index < -0.39 is 51.8 Å². The summed E-state index contributed by atoms with van der Waals surface area (Å²) in [6.07, 6.45) is 1.49. The van der Waals surface area contributed by atoms with E-state index in [1.165, 1.54) is 58.9 Å². The molecule has 3 heterocycles. The molecule has 2 aromatic heterocycles. The fourth-order valence-corrected chi connectivity index (χ4v) is 7.89. The highest BCUT2D eigenvalue weighted by Gasteiger charge is 2.29. The lowest BCUT2D eigenvalue weighted by molar-refractivity contribution is -0.122. The Labute approximate surface area is 315 Å². The predicted octanol–water partition coefficient (Wildman–Crippen LogP) is 4.51. The highest BCUT2D eigenvalue weighted by atomic mass is 32.2. The van der Waals surface area contributed by atoms with Gasteiger partial charge in [-0.05, 0) is 48.7 Å². The number of sulfonamides is 1. The van der Waals surface area contributed by atoms with Crippen molar-refractivity contribution in [3.8, 4) is 0 Å². The van der Waals surface area contributed by atoms with Gasteiger partial charge in [-0.3, -0.25) is 23.5 Å². The molecule has 5 aromatic rings. The summed E-state index contributed by atoms with van der Waals surface area (Å²) in [5.74, 6) is -1.94. The van der Waals surface area contributed by atoms with Gasteiger partial charge in [-0.15, -0.1) is 22.7 Å². The summed E-state index contributed by atoms with van der Waals surface area (Å²) in [6.45, 7) is 1.27. The van der Waals surface area contributed by atoms with Gasteiger partial charge in [0.2, 0.25) is 15.9 Å². The molecule has 0 saturated heterocycles. The van der Waals surface area contributed by atoms with Gasteiger partial charge in [0.1, 0.15) is 21.4 Å². The van der Waals surface area contributed by atoms with Crippen molar-refractivity contribution in [2.45, 2.75) is 31.5 Å². The number of nitrogens with zero attached hydrogens (tertiary/aromatic N) is 4. The van der Waals surface area contributed by atoms with Crippen molar-refractivity contribution < 1.29 is 27.6 Å². The van der Waals surface area contributed by atoms with Gasteiger partial charge in [0.05, 0.1) is 36.6 Å². The van der Waals surface area contributed by atoms with Crippen molar-refractivity contribution in [2.24, 2.45) is 0 Å². The molecule has 4 amide bonds. The number of hydrogen-bond donors (Lipinski definition) is 3. The van der Waals surface area contributed by atoms with Crippen molar-refractivity contribution in [3.63, 3.8) is 0 Å². The van der Waals surface area contributed by atoms with E-state index in [1.54, 1.807) is 17.7 Å². The summed E-state index contributed by atoms with van der Waals surface area (Å²) in [6, 6.07) is 22.8. The van der Waals surface area contributed by atoms with Crippen LogP contribution in [-0.4, -0.2) is 73.3 Å². The van der Waals surface area contributed by atoms with E-state index in [4.69, 9.17) is 0 Å². The molecule has 0 aliphatic carbocycles. The lowest BCUT2D eigenvalue weighted by atomic mass is 10.0. The zero-order chi connectivity index (χ0) is 37.7. The molecular formula is C37H37N7O6S3. The topological polar surface area (TPSA) is 171 Å². The first kappa shape index (κ1) is 37.3. The first-order chi connectivity index (χ1) is 25.4. The van der Waals surface area contributed by atoms with Gasteiger partial charge in [-0.2, -0.15) is 0 Å². The molecule has 6 rings (SSSR count). The third kappa shape index (κ3) is 9.14. The number of hydrogen-bond acceptors (Lipinski definition) is 10. The van der Waals surface area contributed by atoms with Gasteiger partial charge < -0.3 is 20.9 Å². The SMILES string of the molecule is C[C@@H]1NC(=O)CN(C(=O)c2ccc(N(C)S(C)(=O)=O)cc2)C[C@@H](c2ccccc2)NC(=O)c2csc(n2)[C@@H](Cc2ccccc2)NC(=O)c2csc1n2. The first-order valence-electron chi connectivity index (χ1n) is 16.6. The number of benzene rings is 3. The largest absolute Gasteiger partial charge is 0.346 e. The van der Waals surface area contributed by atoms with Gasteiger partial charge >= 0.3 is 0 Å². The molecule has 16 heteroatoms. The van der Waals surface area contributed by atoms with E-state index in [0.717, 1.165) is 16.1 Å². The summed E-state index contributed by atoms with van der Waals surface area (Å²) < 4.78 is 25.3. The summed E-state index contributed by atoms with van der Waals surface area (Å²) >= 11 is 2.47. The third-order valence-corrected chi connectivity index (χ3v) is 11.8. The molecule has 0 unspecified atom stereocenters. The molecule has 3 aromatic carbocycles. The van der Waals surface area contributed by atoms with E-state index in [9.17, 15) is 27.6 Å². The Bertz CT molecular complexity index is 2210. The van der Waals surface area contributed by atoms with Crippen molar-refractivity contribution in [2.75, 3.05) is 30.7 Å². The minimum Gasteiger partial charge on any atom is -0.346 e. The monoisotopic (exact) mass is 771 g/mol. The number of nitrogens with one attached hydrogen (secondary N) is 3. The quantitative estimate of drug-likeness (QED) is 0.227. The summed E-state index contributed by atoms with van der Waals surface area (Å²) in [4.78, 5) is 65.6. The summed E-state index contributed by atoms with van der Waals surface area (Å²) in [5.41, 5.74) is 2.52. The number of fused-ring (bicyclic) bond motifs is 4. The van der Waals surface area contributed by atoms with Crippen molar-refractivity contribution in [1.82, 2.24) is 30.8 Å². The van der Waals surface area contributed by atoms with Crippen LogP contribution >= 0.6 is 22.7 Å². The Morgan fingerprint density at radius 3 is 2.06 bits per heavy atom. The number of rotatable bonds is 6. The molecule has 3 N–H and O–H groups in total. The van der Waals surface area contributed by atoms with E-state index in [2.05, 4.69) is 25.9 Å². The fraction of sp³-hybridized carbons (Fsp3) is 0.243. The van der Waals surface area contributed by atoms with E-state index in [-0.39, 0.29) is 30.0 Å². The molecule has 1 aliphatic rings. The van der Waals surface area contributed by atoms with Gasteiger partial charge in [-0.25, -0.2) is 18.4 Å². The molecule has 4 bridgehead atoms. The van der Waals surface area contributed by atoms with Crippen LogP contribution in [0.2, 0.25) is 0 Å². The van der Waals surface area contributed by atoms with Crippen molar-refractivity contribution in [3.05, 3.63) is 134 Å². The molecule has 53 heavy (non-hydrogen) atoms. The maximum atomic E-state index is 14.1. The highest BCUT2D eigenvalue weighted by Crippen LogP contribution is 2.26. The van der Waals surface area contributed by atoms with Crippen LogP contribution in [0.4, 0.5) is 5.69 Å². The van der Waals surface area contributed by atoms with Gasteiger partial charge in [0.15, 0.2) is 0 Å². The van der Waals surface area contributed by atoms with Crippen LogP contribution < -0.4 is 20.3 Å². The average molecular weight is 772 g/mol. The van der Waals surface area contributed by atoms with Gasteiger partial charge in [0.25, 0.3) is 17.7 Å². The standard InChI is InChI=1S/C37H37N7O6S3/c1-23-35-41-30(21-51-35)33(46)39-28(18-24-10-6-4-7-11-24)36-42-31(22-52-36)34(47)40-29(25-12-8-5-9-13-25)19-44(20-32(45)38-23)37(48)26-14-16-27(17-15-26)43(2)53(3,49)50/h4-17,21-23,28-29H,18-20H2,1-3H3,(H,38,45)(H,39,46)(H,40,47)/t23-,28+,29-/m0/s1. The zero-order valence-corrected chi connectivity index (χ0v) is 31.5. The molecule has 0 spiro atoms. The van der Waals surface area contributed by atoms with Crippen LogP contribution in [0.5, 0.6) is 0 Å². The first-order valence-corrected chi connectivity index (χ1v) is 20.2. The Hall–Kier alpha value is -5.45. The second-order valence-corrected chi connectivity index (χ2v) is 16.3. The van der Waals surface area contributed by atoms with Crippen LogP contribution in [0.25, 0.3) is 0 Å². The smallest absolute Gasteiger partial charge is 0.271 e. The average Bonchev–Trinajstić information content (AvgIpc) is 3.85. The van der Waals surface area contributed by atoms with Gasteiger partial charge in [-0.1, -0.05) is 60.7 Å². The normalized spacial score (nSPS) is 18.6. The maximum absolute atomic E-state index is 14.1. The summed E-state index contributed by atoms with van der Waals surface area (Å²) in [5, 5.41) is 13.2. The molecule has 3 atom stereocenters. The third-order valence-electron chi connectivity index (χ3n) is 8.65. The number of carbonyl (C=O) groups is 4. The summed E-state index contributed by atoms with van der Waals surface area (Å²) in [7, 11) is -2.13. The van der Waals surface area contributed by atoms with Gasteiger partial charge in [0, 0.05) is 29.9 Å². The second kappa shape index (κ2) is 16.1. The highest BCUT2D eigenvalue weighted by molar-refractivity contribution is 7.92. The molecular weight excluding hydrogens is 735 g/mol. The van der Waals surface area contributed by atoms with Crippen molar-refractivity contribution in [1.29, 1.82) is 0 Å². The number of carbonyl (C=O) groups excluding carboxylic acids is 4. The molecule has 0 fully saturated rings. The zero-order valence-electron chi connectivity index (χ0n) is 29.1. The maximum Gasteiger partial charge on any atom is 0.271 e. The van der Waals surface area contributed by atoms with E-state index >= 15 is 0 Å². The lowest BCUT2D eigenvalue weighted by Gasteiger charge is -2.29. The Morgan fingerprint density at radius 1 is 0.830 bits per heavy atom. The Kier molecular flexibility index (Phi) is 11.3. The number of amides is 4. The minimum absolute atomic E-state index is 0.0908. The van der Waals surface area contributed by atoms with Crippen LogP contribution in [0, 0.1) is 0 Å². The minimum atomic E-state index is -3.54.